The summed E-state index contributed by atoms with van der Waals surface area (Å²) >= 11 is 0. The number of benzene rings is 1. The van der Waals surface area contributed by atoms with E-state index in [1.165, 1.54) is 0 Å². The average molecular weight is 285 g/mol. The highest BCUT2D eigenvalue weighted by Crippen LogP contribution is 2.24. The van der Waals surface area contributed by atoms with E-state index >= 15 is 0 Å². The number of nitrogens with one attached hydrogen (secondary N) is 1. The molecule has 1 aliphatic heterocycles. The van der Waals surface area contributed by atoms with Gasteiger partial charge in [0.2, 0.25) is 5.91 Å². The maximum Gasteiger partial charge on any atom is 0.275 e. The Morgan fingerprint density at radius 3 is 2.35 bits per heavy atom. The highest BCUT2D eigenvalue weighted by molar-refractivity contribution is 5.81. The zero-order chi connectivity index (χ0) is 14.7. The number of halogens is 2. The first-order valence-electron chi connectivity index (χ1n) is 6.14. The number of carbonyl (C=O) groups excluding carboxylic acids is 1. The summed E-state index contributed by atoms with van der Waals surface area (Å²) in [5.74, 6) is -2.43. The lowest BCUT2D eigenvalue weighted by atomic mass is 10.2. The number of non-ortho nitro benzene ring substituents is 1. The van der Waals surface area contributed by atoms with Gasteiger partial charge in [-0.05, 0) is 12.8 Å². The molecule has 2 rings (SSSR count). The summed E-state index contributed by atoms with van der Waals surface area (Å²) in [4.78, 5) is 22.9. The van der Waals surface area contributed by atoms with Gasteiger partial charge in [0.25, 0.3) is 5.69 Å². The second-order valence-corrected chi connectivity index (χ2v) is 4.48. The van der Waals surface area contributed by atoms with Crippen LogP contribution in [0.25, 0.3) is 0 Å². The quantitative estimate of drug-likeness (QED) is 0.677. The molecular weight excluding hydrogens is 272 g/mol. The minimum absolute atomic E-state index is 0.244. The zero-order valence-electron chi connectivity index (χ0n) is 10.6. The number of hydrogen-bond donors (Lipinski definition) is 1. The van der Waals surface area contributed by atoms with Gasteiger partial charge in [0.15, 0.2) is 11.6 Å². The Labute approximate surface area is 113 Å². The molecule has 0 spiro atoms. The first-order valence-corrected chi connectivity index (χ1v) is 6.14. The summed E-state index contributed by atoms with van der Waals surface area (Å²) in [6, 6.07) is 1.23. The zero-order valence-corrected chi connectivity index (χ0v) is 10.6. The molecule has 1 fully saturated rings. The van der Waals surface area contributed by atoms with Crippen molar-refractivity contribution in [2.75, 3.05) is 25.0 Å². The van der Waals surface area contributed by atoms with E-state index in [0.717, 1.165) is 12.8 Å². The Morgan fingerprint density at radius 1 is 1.30 bits per heavy atom. The van der Waals surface area contributed by atoms with Gasteiger partial charge >= 0.3 is 0 Å². The van der Waals surface area contributed by atoms with E-state index in [1.54, 1.807) is 4.90 Å². The van der Waals surface area contributed by atoms with Gasteiger partial charge in [-0.25, -0.2) is 8.78 Å². The molecule has 20 heavy (non-hydrogen) atoms. The van der Waals surface area contributed by atoms with Gasteiger partial charge in [0.1, 0.15) is 5.69 Å². The molecule has 0 aromatic heterocycles. The fourth-order valence-corrected chi connectivity index (χ4v) is 2.08. The van der Waals surface area contributed by atoms with Crippen LogP contribution in [0.3, 0.4) is 0 Å². The second kappa shape index (κ2) is 5.81. The number of hydrogen-bond acceptors (Lipinski definition) is 4. The van der Waals surface area contributed by atoms with Gasteiger partial charge in [-0.2, -0.15) is 0 Å². The monoisotopic (exact) mass is 285 g/mol. The van der Waals surface area contributed by atoms with Crippen molar-refractivity contribution < 1.29 is 18.5 Å². The van der Waals surface area contributed by atoms with E-state index in [-0.39, 0.29) is 12.5 Å². The number of carbonyl (C=O) groups is 1. The van der Waals surface area contributed by atoms with E-state index in [0.29, 0.717) is 25.2 Å². The fraction of sp³-hybridized carbons (Fsp3) is 0.417. The number of rotatable bonds is 4. The van der Waals surface area contributed by atoms with Crippen molar-refractivity contribution in [2.45, 2.75) is 12.8 Å². The third-order valence-corrected chi connectivity index (χ3v) is 3.11. The Hall–Kier alpha value is -2.25. The molecule has 108 valence electrons. The van der Waals surface area contributed by atoms with Crippen LogP contribution in [0, 0.1) is 21.7 Å². The van der Waals surface area contributed by atoms with Crippen molar-refractivity contribution in [3.63, 3.8) is 0 Å². The topological polar surface area (TPSA) is 75.5 Å². The van der Waals surface area contributed by atoms with Crippen LogP contribution in [0.4, 0.5) is 20.2 Å². The molecule has 0 atom stereocenters. The first-order chi connectivity index (χ1) is 9.49. The molecule has 1 amide bonds. The highest BCUT2D eigenvalue weighted by atomic mass is 19.1. The molecule has 0 saturated carbocycles. The summed E-state index contributed by atoms with van der Waals surface area (Å²) in [6.45, 7) is 1.04. The van der Waals surface area contributed by atoms with Crippen molar-refractivity contribution >= 4 is 17.3 Å². The van der Waals surface area contributed by atoms with Gasteiger partial charge in [-0.15, -0.1) is 0 Å². The molecule has 8 heteroatoms. The Morgan fingerprint density at radius 2 is 1.85 bits per heavy atom. The van der Waals surface area contributed by atoms with Gasteiger partial charge < -0.3 is 10.2 Å². The van der Waals surface area contributed by atoms with Crippen LogP contribution in [-0.2, 0) is 4.79 Å². The van der Waals surface area contributed by atoms with Crippen molar-refractivity contribution in [1.82, 2.24) is 4.90 Å². The summed E-state index contributed by atoms with van der Waals surface area (Å²) in [6.07, 6.45) is 1.85. The molecule has 1 aromatic carbocycles. The Balaban J connectivity index is 2.05. The molecular formula is C12H13F2N3O3. The second-order valence-electron chi connectivity index (χ2n) is 4.48. The average Bonchev–Trinajstić information content (AvgIpc) is 2.91. The minimum Gasteiger partial charge on any atom is -0.371 e. The molecule has 1 heterocycles. The van der Waals surface area contributed by atoms with Crippen molar-refractivity contribution in [3.8, 4) is 0 Å². The van der Waals surface area contributed by atoms with E-state index in [2.05, 4.69) is 5.32 Å². The minimum atomic E-state index is -1.09. The summed E-state index contributed by atoms with van der Waals surface area (Å²) < 4.78 is 27.1. The number of amides is 1. The number of likely N-dealkylation sites (tertiary alicyclic amines) is 1. The highest BCUT2D eigenvalue weighted by Gasteiger charge is 2.20. The lowest BCUT2D eigenvalue weighted by Gasteiger charge is -2.16. The normalized spacial score (nSPS) is 14.4. The SMILES string of the molecule is O=C(CNc1c(F)cc([N+](=O)[O-])cc1F)N1CCCC1. The van der Waals surface area contributed by atoms with Gasteiger partial charge in [-0.1, -0.05) is 0 Å². The number of nitrogens with zero attached hydrogens (tertiary/aromatic N) is 2. The van der Waals surface area contributed by atoms with E-state index < -0.39 is 27.9 Å². The van der Waals surface area contributed by atoms with Gasteiger partial charge in [0.05, 0.1) is 23.6 Å². The van der Waals surface area contributed by atoms with Crippen LogP contribution < -0.4 is 5.32 Å². The van der Waals surface area contributed by atoms with E-state index in [1.807, 2.05) is 0 Å². The predicted octanol–water partition coefficient (Wildman–Crippen LogP) is 1.91. The standard InChI is InChI=1S/C12H13F2N3O3/c13-9-5-8(17(19)20)6-10(14)12(9)15-7-11(18)16-3-1-2-4-16/h5-6,15H,1-4,7H2. The summed E-state index contributed by atoms with van der Waals surface area (Å²) in [5, 5.41) is 12.8. The maximum atomic E-state index is 13.6. The van der Waals surface area contributed by atoms with Crippen LogP contribution in [0.1, 0.15) is 12.8 Å². The van der Waals surface area contributed by atoms with Crippen molar-refractivity contribution in [1.29, 1.82) is 0 Å². The van der Waals surface area contributed by atoms with Crippen LogP contribution in [0.2, 0.25) is 0 Å². The van der Waals surface area contributed by atoms with Crippen LogP contribution >= 0.6 is 0 Å². The number of nitro groups is 1. The Bertz CT molecular complexity index is 522. The third-order valence-electron chi connectivity index (χ3n) is 3.11. The molecule has 0 unspecified atom stereocenters. The molecule has 0 bridgehead atoms. The predicted molar refractivity (Wildman–Crippen MR) is 67.3 cm³/mol. The van der Waals surface area contributed by atoms with Gasteiger partial charge in [0, 0.05) is 13.1 Å². The smallest absolute Gasteiger partial charge is 0.275 e. The molecule has 1 aliphatic rings. The van der Waals surface area contributed by atoms with Crippen LogP contribution in [0.5, 0.6) is 0 Å². The summed E-state index contributed by atoms with van der Waals surface area (Å²) in [5.41, 5.74) is -1.19. The van der Waals surface area contributed by atoms with E-state index in [4.69, 9.17) is 0 Å². The summed E-state index contributed by atoms with van der Waals surface area (Å²) in [7, 11) is 0. The maximum absolute atomic E-state index is 13.6. The lowest BCUT2D eigenvalue weighted by molar-refractivity contribution is -0.385. The molecule has 0 radical (unpaired) electrons. The van der Waals surface area contributed by atoms with E-state index in [9.17, 15) is 23.7 Å². The first kappa shape index (κ1) is 14.2. The van der Waals surface area contributed by atoms with Crippen LogP contribution in [-0.4, -0.2) is 35.4 Å². The molecule has 1 saturated heterocycles. The fourth-order valence-electron chi connectivity index (χ4n) is 2.08. The Kier molecular flexibility index (Phi) is 4.11. The number of nitro benzene ring substituents is 1. The van der Waals surface area contributed by atoms with Gasteiger partial charge in [-0.3, -0.25) is 14.9 Å². The number of anilines is 1. The van der Waals surface area contributed by atoms with Crippen LogP contribution in [0.15, 0.2) is 12.1 Å². The molecule has 1 N–H and O–H groups in total. The van der Waals surface area contributed by atoms with Crippen molar-refractivity contribution in [2.24, 2.45) is 0 Å². The third kappa shape index (κ3) is 3.01. The molecule has 1 aromatic rings. The lowest BCUT2D eigenvalue weighted by Crippen LogP contribution is -2.33. The van der Waals surface area contributed by atoms with Crippen molar-refractivity contribution in [3.05, 3.63) is 33.9 Å². The largest absolute Gasteiger partial charge is 0.371 e. The molecule has 6 nitrogen and oxygen atoms in total. The molecule has 0 aliphatic carbocycles.